The van der Waals surface area contributed by atoms with E-state index < -0.39 is 12.3 Å². The molecular weight excluding hydrogens is 399 g/mol. The highest BCUT2D eigenvalue weighted by molar-refractivity contribution is 5.90. The molecule has 31 heavy (non-hydrogen) atoms. The van der Waals surface area contributed by atoms with Crippen LogP contribution in [0.3, 0.4) is 0 Å². The zero-order chi connectivity index (χ0) is 21.5. The molecule has 4 aliphatic rings. The second kappa shape index (κ2) is 8.62. The summed E-state index contributed by atoms with van der Waals surface area (Å²) in [6, 6.07) is 0. The fourth-order valence-corrected chi connectivity index (χ4v) is 5.88. The second-order valence-corrected chi connectivity index (χ2v) is 9.69. The second-order valence-electron chi connectivity index (χ2n) is 9.69. The van der Waals surface area contributed by atoms with Crippen LogP contribution in [-0.2, 0) is 17.8 Å². The van der Waals surface area contributed by atoms with Gasteiger partial charge in [0.15, 0.2) is 0 Å². The first kappa shape index (κ1) is 21.1. The largest absolute Gasteiger partial charge is 0.392 e. The summed E-state index contributed by atoms with van der Waals surface area (Å²) in [7, 11) is 0. The van der Waals surface area contributed by atoms with Crippen molar-refractivity contribution in [2.24, 2.45) is 17.0 Å². The summed E-state index contributed by atoms with van der Waals surface area (Å²) in [5.74, 6) is 1.27. The minimum absolute atomic E-state index is 0.0168. The van der Waals surface area contributed by atoms with Crippen molar-refractivity contribution in [3.8, 4) is 0 Å². The molecule has 0 bridgehead atoms. The average molecular weight is 433 g/mol. The minimum atomic E-state index is -0.744. The van der Waals surface area contributed by atoms with Gasteiger partial charge in [-0.1, -0.05) is 5.16 Å². The lowest BCUT2D eigenvalue weighted by Crippen LogP contribution is -2.41. The van der Waals surface area contributed by atoms with Crippen LogP contribution >= 0.6 is 0 Å². The maximum atomic E-state index is 13.7. The number of hydrogen-bond donors (Lipinski definition) is 1. The standard InChI is InChI=1S/C23H33FN4O3/c1-14-17(23(30)28-9-2-3-19(29)22(28)25-14)8-12-27-10-6-15(7-11-27)21-18-5-4-16(24)13-20(18)31-26-21/h15-16,18-20,29H,2-13H2,1H3. The lowest BCUT2D eigenvalue weighted by Gasteiger charge is -2.34. The van der Waals surface area contributed by atoms with E-state index in [-0.39, 0.29) is 11.7 Å². The van der Waals surface area contributed by atoms with Crippen LogP contribution in [0.4, 0.5) is 4.39 Å². The van der Waals surface area contributed by atoms with Gasteiger partial charge in [-0.3, -0.25) is 9.36 Å². The molecule has 0 amide bonds. The first-order chi connectivity index (χ1) is 15.0. The Hall–Kier alpha value is -1.80. The van der Waals surface area contributed by atoms with Gasteiger partial charge in [0.2, 0.25) is 0 Å². The van der Waals surface area contributed by atoms with E-state index in [9.17, 15) is 14.3 Å². The van der Waals surface area contributed by atoms with E-state index in [2.05, 4.69) is 15.0 Å². The number of nitrogens with zero attached hydrogens (tertiary/aromatic N) is 4. The van der Waals surface area contributed by atoms with Gasteiger partial charge in [-0.05, 0) is 65.0 Å². The van der Waals surface area contributed by atoms with Gasteiger partial charge in [-0.25, -0.2) is 9.37 Å². The van der Waals surface area contributed by atoms with Crippen LogP contribution < -0.4 is 5.56 Å². The Morgan fingerprint density at radius 3 is 2.77 bits per heavy atom. The van der Waals surface area contributed by atoms with Crippen molar-refractivity contribution in [3.63, 3.8) is 0 Å². The van der Waals surface area contributed by atoms with Crippen molar-refractivity contribution in [2.45, 2.75) is 83.2 Å². The summed E-state index contributed by atoms with van der Waals surface area (Å²) in [5, 5.41) is 14.6. The molecule has 1 N–H and O–H groups in total. The summed E-state index contributed by atoms with van der Waals surface area (Å²) in [6.07, 6.45) is 4.79. The monoisotopic (exact) mass is 432 g/mol. The molecule has 4 heterocycles. The third-order valence-corrected chi connectivity index (χ3v) is 7.74. The highest BCUT2D eigenvalue weighted by Crippen LogP contribution is 2.38. The van der Waals surface area contributed by atoms with Gasteiger partial charge in [0.05, 0.1) is 5.71 Å². The molecule has 8 heteroatoms. The molecule has 1 saturated carbocycles. The van der Waals surface area contributed by atoms with Crippen LogP contribution in [0.1, 0.15) is 68.1 Å². The molecule has 4 unspecified atom stereocenters. The zero-order valence-corrected chi connectivity index (χ0v) is 18.3. The first-order valence-corrected chi connectivity index (χ1v) is 11.9. The van der Waals surface area contributed by atoms with Crippen molar-refractivity contribution < 1.29 is 14.3 Å². The normalized spacial score (nSPS) is 31.6. The van der Waals surface area contributed by atoms with Gasteiger partial charge < -0.3 is 14.8 Å². The topological polar surface area (TPSA) is 80.0 Å². The van der Waals surface area contributed by atoms with Gasteiger partial charge >= 0.3 is 0 Å². The first-order valence-electron chi connectivity index (χ1n) is 11.9. The summed E-state index contributed by atoms with van der Waals surface area (Å²) in [4.78, 5) is 25.5. The number of aliphatic hydroxyl groups is 1. The molecule has 1 aromatic heterocycles. The Balaban J connectivity index is 1.18. The van der Waals surface area contributed by atoms with Crippen molar-refractivity contribution >= 4 is 5.71 Å². The Labute approximate surface area is 182 Å². The summed E-state index contributed by atoms with van der Waals surface area (Å²) in [5.41, 5.74) is 2.71. The van der Waals surface area contributed by atoms with Crippen molar-refractivity contribution in [3.05, 3.63) is 27.4 Å². The summed E-state index contributed by atoms with van der Waals surface area (Å²) < 4.78 is 15.3. The number of hydrogen-bond acceptors (Lipinski definition) is 6. The van der Waals surface area contributed by atoms with Gasteiger partial charge in [-0.15, -0.1) is 0 Å². The fourth-order valence-electron chi connectivity index (χ4n) is 5.88. The Morgan fingerprint density at radius 1 is 1.16 bits per heavy atom. The Morgan fingerprint density at radius 2 is 1.97 bits per heavy atom. The van der Waals surface area contributed by atoms with Crippen LogP contribution in [0.5, 0.6) is 0 Å². The molecule has 3 aliphatic heterocycles. The van der Waals surface area contributed by atoms with Crippen LogP contribution in [0, 0.1) is 18.8 Å². The molecule has 5 rings (SSSR count). The van der Waals surface area contributed by atoms with Crippen molar-refractivity contribution in [2.75, 3.05) is 19.6 Å². The van der Waals surface area contributed by atoms with Crippen LogP contribution in [0.15, 0.2) is 9.95 Å². The van der Waals surface area contributed by atoms with E-state index >= 15 is 0 Å². The quantitative estimate of drug-likeness (QED) is 0.791. The predicted octanol–water partition coefficient (Wildman–Crippen LogP) is 2.53. The van der Waals surface area contributed by atoms with Gasteiger partial charge in [0, 0.05) is 42.6 Å². The predicted molar refractivity (Wildman–Crippen MR) is 115 cm³/mol. The van der Waals surface area contributed by atoms with E-state index in [0.717, 1.165) is 56.6 Å². The number of aryl methyl sites for hydroxylation is 1. The highest BCUT2D eigenvalue weighted by Gasteiger charge is 2.42. The molecule has 1 saturated heterocycles. The third kappa shape index (κ3) is 4.04. The number of rotatable bonds is 4. The molecule has 4 atom stereocenters. The molecule has 170 valence electrons. The van der Waals surface area contributed by atoms with Crippen molar-refractivity contribution in [1.82, 2.24) is 14.5 Å². The Bertz CT molecular complexity index is 909. The lowest BCUT2D eigenvalue weighted by molar-refractivity contribution is 0.0140. The van der Waals surface area contributed by atoms with Gasteiger partial charge in [0.1, 0.15) is 24.2 Å². The molecule has 0 aromatic carbocycles. The molecule has 1 aliphatic carbocycles. The summed E-state index contributed by atoms with van der Waals surface area (Å²) in [6.45, 7) is 5.32. The van der Waals surface area contributed by atoms with E-state index in [1.807, 2.05) is 6.92 Å². The molecule has 7 nitrogen and oxygen atoms in total. The van der Waals surface area contributed by atoms with Crippen LogP contribution in [-0.4, -0.2) is 57.2 Å². The van der Waals surface area contributed by atoms with Gasteiger partial charge in [-0.2, -0.15) is 0 Å². The minimum Gasteiger partial charge on any atom is -0.392 e. The maximum absolute atomic E-state index is 13.7. The average Bonchev–Trinajstić information content (AvgIpc) is 3.18. The van der Waals surface area contributed by atoms with Crippen molar-refractivity contribution in [1.29, 1.82) is 0 Å². The number of aliphatic hydroxyl groups excluding tert-OH is 1. The molecule has 1 aromatic rings. The zero-order valence-electron chi connectivity index (χ0n) is 18.3. The van der Waals surface area contributed by atoms with E-state index in [0.29, 0.717) is 49.9 Å². The van der Waals surface area contributed by atoms with E-state index in [1.165, 1.54) is 5.71 Å². The maximum Gasteiger partial charge on any atom is 0.257 e. The number of oxime groups is 1. The molecular formula is C23H33FN4O3. The number of halogens is 1. The number of piperidine rings is 1. The highest BCUT2D eigenvalue weighted by atomic mass is 19.1. The van der Waals surface area contributed by atoms with Crippen LogP contribution in [0.2, 0.25) is 0 Å². The molecule has 0 radical (unpaired) electrons. The van der Waals surface area contributed by atoms with Gasteiger partial charge in [0.25, 0.3) is 5.56 Å². The molecule has 0 spiro atoms. The molecule has 2 fully saturated rings. The number of fused-ring (bicyclic) bond motifs is 2. The van der Waals surface area contributed by atoms with E-state index in [1.54, 1.807) is 4.57 Å². The lowest BCUT2D eigenvalue weighted by atomic mass is 9.76. The summed E-state index contributed by atoms with van der Waals surface area (Å²) >= 11 is 0. The third-order valence-electron chi connectivity index (χ3n) is 7.74. The SMILES string of the molecule is Cc1nc2n(c(=O)c1CCN1CCC(C3=NOC4CC(F)CCC34)CC1)CCCC2O. The number of alkyl halides is 1. The number of likely N-dealkylation sites (tertiary alicyclic amines) is 1. The van der Waals surface area contributed by atoms with E-state index in [4.69, 9.17) is 4.84 Å². The Kier molecular flexibility index (Phi) is 5.86. The fraction of sp³-hybridized carbons (Fsp3) is 0.783. The smallest absolute Gasteiger partial charge is 0.257 e. The number of aromatic nitrogens is 2. The van der Waals surface area contributed by atoms with Crippen LogP contribution in [0.25, 0.3) is 0 Å².